The van der Waals surface area contributed by atoms with Gasteiger partial charge in [0.1, 0.15) is 0 Å². The lowest BCUT2D eigenvalue weighted by molar-refractivity contribution is 0.0799. The molecule has 0 atom stereocenters. The van der Waals surface area contributed by atoms with Gasteiger partial charge in [0.25, 0.3) is 5.91 Å². The lowest BCUT2D eigenvalue weighted by Crippen LogP contribution is -2.28. The molecule has 1 aromatic rings. The number of hydrogen-bond donors (Lipinski definition) is 0. The average Bonchev–Trinajstić information content (AvgIpc) is 2.65. The Labute approximate surface area is 87.8 Å². The molecule has 0 fully saturated rings. The van der Waals surface area contributed by atoms with Crippen molar-refractivity contribution < 1.29 is 4.79 Å². The minimum Gasteiger partial charge on any atom is -0.330 e. The van der Waals surface area contributed by atoms with E-state index in [9.17, 15) is 4.79 Å². The van der Waals surface area contributed by atoms with Gasteiger partial charge in [0.15, 0.2) is 0 Å². The lowest BCUT2D eigenvalue weighted by atomic mass is 10.2. The first-order valence-corrected chi connectivity index (χ1v) is 4.84. The smallest absolute Gasteiger partial charge is 0.254 e. The maximum atomic E-state index is 11.8. The highest BCUT2D eigenvalue weighted by atomic mass is 35.5. The molecule has 1 heterocycles. The number of hydrogen-bond acceptors (Lipinski definition) is 1. The molecule has 72 valence electrons. The molecular weight excluding hydrogens is 198 g/mol. The van der Waals surface area contributed by atoms with E-state index < -0.39 is 0 Å². The van der Waals surface area contributed by atoms with Crippen molar-refractivity contribution in [3.63, 3.8) is 0 Å². The predicted octanol–water partition coefficient (Wildman–Crippen LogP) is 2.27. The van der Waals surface area contributed by atoms with Crippen molar-refractivity contribution in [2.45, 2.75) is 0 Å². The number of amides is 1. The average molecular weight is 208 g/mol. The normalized spacial score (nSPS) is 15.5. The van der Waals surface area contributed by atoms with Gasteiger partial charge >= 0.3 is 0 Å². The Hall–Kier alpha value is -1.28. The summed E-state index contributed by atoms with van der Waals surface area (Å²) < 4.78 is 0. The quantitative estimate of drug-likeness (QED) is 0.692. The Kier molecular flexibility index (Phi) is 2.55. The topological polar surface area (TPSA) is 20.3 Å². The van der Waals surface area contributed by atoms with Gasteiger partial charge in [0.05, 0.1) is 6.54 Å². The first-order valence-electron chi connectivity index (χ1n) is 4.46. The molecule has 0 N–H and O–H groups in total. The standard InChI is InChI=1S/C11H10ClNO/c12-10-6-7-13(8-10)11(14)9-4-2-1-3-5-9/h1-6H,7-8H2. The highest BCUT2D eigenvalue weighted by molar-refractivity contribution is 6.30. The molecule has 3 heteroatoms. The fourth-order valence-corrected chi connectivity index (χ4v) is 1.65. The Morgan fingerprint density at radius 3 is 2.57 bits per heavy atom. The molecule has 1 aromatic carbocycles. The van der Waals surface area contributed by atoms with Crippen LogP contribution in [0.4, 0.5) is 0 Å². The van der Waals surface area contributed by atoms with Crippen LogP contribution in [0.15, 0.2) is 41.4 Å². The zero-order chi connectivity index (χ0) is 9.97. The maximum Gasteiger partial charge on any atom is 0.254 e. The second-order valence-corrected chi connectivity index (χ2v) is 3.69. The highest BCUT2D eigenvalue weighted by Gasteiger charge is 2.19. The van der Waals surface area contributed by atoms with Gasteiger partial charge in [0.2, 0.25) is 0 Å². The van der Waals surface area contributed by atoms with Gasteiger partial charge in [-0.1, -0.05) is 29.8 Å². The molecule has 14 heavy (non-hydrogen) atoms. The number of carbonyl (C=O) groups excluding carboxylic acids is 1. The van der Waals surface area contributed by atoms with Crippen LogP contribution >= 0.6 is 11.6 Å². The van der Waals surface area contributed by atoms with Gasteiger partial charge in [-0.2, -0.15) is 0 Å². The van der Waals surface area contributed by atoms with Crippen LogP contribution < -0.4 is 0 Å². The van der Waals surface area contributed by atoms with E-state index in [0.717, 1.165) is 5.03 Å². The molecule has 0 aromatic heterocycles. The summed E-state index contributed by atoms with van der Waals surface area (Å²) in [6, 6.07) is 9.24. The minimum absolute atomic E-state index is 0.0394. The summed E-state index contributed by atoms with van der Waals surface area (Å²) in [4.78, 5) is 13.5. The number of rotatable bonds is 1. The summed E-state index contributed by atoms with van der Waals surface area (Å²) in [5.74, 6) is 0.0394. The molecule has 0 saturated heterocycles. The van der Waals surface area contributed by atoms with Crippen LogP contribution in [0.2, 0.25) is 0 Å². The summed E-state index contributed by atoms with van der Waals surface area (Å²) in [5, 5.41) is 0.745. The molecule has 0 aliphatic carbocycles. The number of benzene rings is 1. The number of halogens is 1. The van der Waals surface area contributed by atoms with Gasteiger partial charge in [-0.05, 0) is 18.2 Å². The van der Waals surface area contributed by atoms with Crippen molar-refractivity contribution in [1.29, 1.82) is 0 Å². The SMILES string of the molecule is O=C(c1ccccc1)N1CC=C(Cl)C1. The molecule has 2 nitrogen and oxygen atoms in total. The molecule has 0 bridgehead atoms. The minimum atomic E-state index is 0.0394. The predicted molar refractivity (Wildman–Crippen MR) is 56.3 cm³/mol. The molecular formula is C11H10ClNO. The van der Waals surface area contributed by atoms with E-state index in [0.29, 0.717) is 18.7 Å². The Balaban J connectivity index is 2.11. The van der Waals surface area contributed by atoms with Crippen LogP contribution in [0, 0.1) is 0 Å². The largest absolute Gasteiger partial charge is 0.330 e. The molecule has 0 unspecified atom stereocenters. The summed E-state index contributed by atoms with van der Waals surface area (Å²) in [7, 11) is 0. The van der Waals surface area contributed by atoms with Crippen molar-refractivity contribution >= 4 is 17.5 Å². The first kappa shape index (κ1) is 9.28. The van der Waals surface area contributed by atoms with E-state index in [1.807, 2.05) is 36.4 Å². The second-order valence-electron chi connectivity index (χ2n) is 3.20. The van der Waals surface area contributed by atoms with Crippen molar-refractivity contribution in [3.8, 4) is 0 Å². The Morgan fingerprint density at radius 2 is 2.00 bits per heavy atom. The van der Waals surface area contributed by atoms with Gasteiger partial charge in [0, 0.05) is 17.1 Å². The van der Waals surface area contributed by atoms with Crippen LogP contribution in [0.1, 0.15) is 10.4 Å². The van der Waals surface area contributed by atoms with Crippen molar-refractivity contribution in [3.05, 3.63) is 47.0 Å². The zero-order valence-electron chi connectivity index (χ0n) is 7.61. The van der Waals surface area contributed by atoms with Crippen LogP contribution in [0.5, 0.6) is 0 Å². The van der Waals surface area contributed by atoms with E-state index in [1.165, 1.54) is 0 Å². The third-order valence-corrected chi connectivity index (χ3v) is 2.46. The zero-order valence-corrected chi connectivity index (χ0v) is 8.37. The van der Waals surface area contributed by atoms with Crippen LogP contribution in [-0.2, 0) is 0 Å². The van der Waals surface area contributed by atoms with E-state index in [-0.39, 0.29) is 5.91 Å². The van der Waals surface area contributed by atoms with Crippen LogP contribution in [0.25, 0.3) is 0 Å². The summed E-state index contributed by atoms with van der Waals surface area (Å²) >= 11 is 5.81. The summed E-state index contributed by atoms with van der Waals surface area (Å²) in [5.41, 5.74) is 0.715. The van der Waals surface area contributed by atoms with Crippen LogP contribution in [-0.4, -0.2) is 23.9 Å². The number of nitrogens with zero attached hydrogens (tertiary/aromatic N) is 1. The van der Waals surface area contributed by atoms with Crippen molar-refractivity contribution in [2.24, 2.45) is 0 Å². The molecule has 0 radical (unpaired) electrons. The Morgan fingerprint density at radius 1 is 1.29 bits per heavy atom. The van der Waals surface area contributed by atoms with Gasteiger partial charge in [-0.15, -0.1) is 0 Å². The molecule has 0 spiro atoms. The van der Waals surface area contributed by atoms with Crippen molar-refractivity contribution in [2.75, 3.05) is 13.1 Å². The summed E-state index contributed by atoms with van der Waals surface area (Å²) in [6.07, 6.45) is 1.86. The third-order valence-electron chi connectivity index (χ3n) is 2.18. The van der Waals surface area contributed by atoms with Crippen molar-refractivity contribution in [1.82, 2.24) is 4.90 Å². The molecule has 0 saturated carbocycles. The molecule has 1 amide bonds. The van der Waals surface area contributed by atoms with E-state index in [2.05, 4.69) is 0 Å². The first-order chi connectivity index (χ1) is 6.77. The fraction of sp³-hybridized carbons (Fsp3) is 0.182. The van der Waals surface area contributed by atoms with Gasteiger partial charge in [-0.25, -0.2) is 0 Å². The second kappa shape index (κ2) is 3.84. The molecule has 1 aliphatic heterocycles. The van der Waals surface area contributed by atoms with E-state index >= 15 is 0 Å². The third kappa shape index (κ3) is 1.80. The lowest BCUT2D eigenvalue weighted by Gasteiger charge is -2.15. The highest BCUT2D eigenvalue weighted by Crippen LogP contribution is 2.15. The molecule has 2 rings (SSSR count). The van der Waals surface area contributed by atoms with Gasteiger partial charge < -0.3 is 4.90 Å². The van der Waals surface area contributed by atoms with Gasteiger partial charge in [-0.3, -0.25) is 4.79 Å². The summed E-state index contributed by atoms with van der Waals surface area (Å²) in [6.45, 7) is 1.15. The monoisotopic (exact) mass is 207 g/mol. The van der Waals surface area contributed by atoms with E-state index in [4.69, 9.17) is 11.6 Å². The van der Waals surface area contributed by atoms with E-state index in [1.54, 1.807) is 4.90 Å². The maximum absolute atomic E-state index is 11.8. The number of carbonyl (C=O) groups is 1. The Bertz CT molecular complexity index is 372. The fourth-order valence-electron chi connectivity index (χ4n) is 1.44. The van der Waals surface area contributed by atoms with Crippen LogP contribution in [0.3, 0.4) is 0 Å². The molecule has 1 aliphatic rings.